The van der Waals surface area contributed by atoms with Gasteiger partial charge in [-0.1, -0.05) is 12.8 Å². The van der Waals surface area contributed by atoms with Crippen molar-refractivity contribution in [3.63, 3.8) is 0 Å². The Bertz CT molecular complexity index is 465. The van der Waals surface area contributed by atoms with Gasteiger partial charge in [-0.3, -0.25) is 4.98 Å². The molecule has 2 amide bonds. The number of aryl methyl sites for hydroxylation is 1. The van der Waals surface area contributed by atoms with E-state index < -0.39 is 0 Å². The van der Waals surface area contributed by atoms with Crippen LogP contribution in [-0.2, 0) is 6.42 Å². The Morgan fingerprint density at radius 1 is 1.43 bits per heavy atom. The molecule has 0 aliphatic heterocycles. The summed E-state index contributed by atoms with van der Waals surface area (Å²) < 4.78 is 0. The second-order valence-corrected chi connectivity index (χ2v) is 5.79. The average Bonchev–Trinajstić information content (AvgIpc) is 2.50. The lowest BCUT2D eigenvalue weighted by Gasteiger charge is -2.30. The first-order valence-corrected chi connectivity index (χ1v) is 7.75. The molecule has 0 saturated heterocycles. The highest BCUT2D eigenvalue weighted by Gasteiger charge is 2.25. The fourth-order valence-corrected chi connectivity index (χ4v) is 2.93. The fourth-order valence-electron chi connectivity index (χ4n) is 2.93. The predicted octanol–water partition coefficient (Wildman–Crippen LogP) is 1.78. The van der Waals surface area contributed by atoms with Gasteiger partial charge in [-0.2, -0.15) is 0 Å². The molecule has 0 bridgehead atoms. The van der Waals surface area contributed by atoms with Crippen LogP contribution >= 0.6 is 0 Å². The molecule has 2 rings (SSSR count). The van der Waals surface area contributed by atoms with E-state index in [1.807, 2.05) is 19.2 Å². The summed E-state index contributed by atoms with van der Waals surface area (Å²) in [5, 5.41) is 15.2. The summed E-state index contributed by atoms with van der Waals surface area (Å²) in [4.78, 5) is 16.0. The molecule has 0 radical (unpaired) electrons. The van der Waals surface area contributed by atoms with E-state index in [0.717, 1.165) is 37.7 Å². The maximum Gasteiger partial charge on any atom is 0.315 e. The molecular formula is C16H25N3O2. The highest BCUT2D eigenvalue weighted by molar-refractivity contribution is 5.74. The first-order chi connectivity index (χ1) is 10.2. The number of nitrogens with one attached hydrogen (secondary N) is 2. The number of aliphatic hydroxyl groups is 1. The predicted molar refractivity (Wildman–Crippen MR) is 82.0 cm³/mol. The van der Waals surface area contributed by atoms with Gasteiger partial charge in [-0.25, -0.2) is 4.79 Å². The number of rotatable bonds is 5. The van der Waals surface area contributed by atoms with Crippen molar-refractivity contribution < 1.29 is 9.90 Å². The summed E-state index contributed by atoms with van der Waals surface area (Å²) in [5.41, 5.74) is 2.35. The Morgan fingerprint density at radius 3 is 3.00 bits per heavy atom. The van der Waals surface area contributed by atoms with Crippen molar-refractivity contribution >= 4 is 6.03 Å². The highest BCUT2D eigenvalue weighted by atomic mass is 16.3. The highest BCUT2D eigenvalue weighted by Crippen LogP contribution is 2.23. The normalized spacial score (nSPS) is 21.8. The van der Waals surface area contributed by atoms with E-state index in [9.17, 15) is 9.90 Å². The molecule has 1 aromatic heterocycles. The first kappa shape index (κ1) is 15.8. The minimum absolute atomic E-state index is 0.103. The van der Waals surface area contributed by atoms with Crippen LogP contribution in [0, 0.1) is 12.8 Å². The largest absolute Gasteiger partial charge is 0.396 e. The lowest BCUT2D eigenvalue weighted by Crippen LogP contribution is -2.48. The van der Waals surface area contributed by atoms with Crippen molar-refractivity contribution in [2.45, 2.75) is 45.1 Å². The van der Waals surface area contributed by atoms with Crippen LogP contribution in [0.3, 0.4) is 0 Å². The Labute approximate surface area is 126 Å². The molecule has 1 saturated carbocycles. The van der Waals surface area contributed by atoms with Gasteiger partial charge < -0.3 is 15.7 Å². The van der Waals surface area contributed by atoms with Crippen molar-refractivity contribution in [1.29, 1.82) is 0 Å². The molecule has 3 N–H and O–H groups in total. The van der Waals surface area contributed by atoms with Crippen LogP contribution in [-0.4, -0.2) is 35.3 Å². The van der Waals surface area contributed by atoms with Crippen molar-refractivity contribution in [3.8, 4) is 0 Å². The number of aliphatic hydroxyl groups excluding tert-OH is 1. The Kier molecular flexibility index (Phi) is 5.99. The van der Waals surface area contributed by atoms with Crippen molar-refractivity contribution in [1.82, 2.24) is 15.6 Å². The van der Waals surface area contributed by atoms with Gasteiger partial charge >= 0.3 is 6.03 Å². The van der Waals surface area contributed by atoms with Crippen LogP contribution in [0.25, 0.3) is 0 Å². The second kappa shape index (κ2) is 7.98. The second-order valence-electron chi connectivity index (χ2n) is 5.79. The SMILES string of the molecule is Cc1cnccc1CCNC(=O)NC1CCCCC1CO. The number of amides is 2. The summed E-state index contributed by atoms with van der Waals surface area (Å²) in [6, 6.07) is 1.95. The molecule has 2 atom stereocenters. The molecular weight excluding hydrogens is 266 g/mol. The minimum Gasteiger partial charge on any atom is -0.396 e. The fraction of sp³-hybridized carbons (Fsp3) is 0.625. The Hall–Kier alpha value is -1.62. The Morgan fingerprint density at radius 2 is 2.24 bits per heavy atom. The van der Waals surface area contributed by atoms with Crippen LogP contribution in [0.15, 0.2) is 18.5 Å². The van der Waals surface area contributed by atoms with E-state index in [-0.39, 0.29) is 24.6 Å². The molecule has 1 aliphatic carbocycles. The van der Waals surface area contributed by atoms with E-state index >= 15 is 0 Å². The van der Waals surface area contributed by atoms with Crippen LogP contribution in [0.1, 0.15) is 36.8 Å². The maximum absolute atomic E-state index is 11.9. The number of urea groups is 1. The van der Waals surface area contributed by atoms with Gasteiger partial charge in [0.05, 0.1) is 0 Å². The van der Waals surface area contributed by atoms with E-state index in [4.69, 9.17) is 0 Å². The molecule has 116 valence electrons. The summed E-state index contributed by atoms with van der Waals surface area (Å²) in [6.45, 7) is 2.78. The first-order valence-electron chi connectivity index (χ1n) is 7.75. The van der Waals surface area contributed by atoms with Gasteiger partial charge in [0, 0.05) is 37.5 Å². The average molecular weight is 291 g/mol. The van der Waals surface area contributed by atoms with Crippen LogP contribution in [0.2, 0.25) is 0 Å². The zero-order valence-electron chi connectivity index (χ0n) is 12.6. The molecule has 5 nitrogen and oxygen atoms in total. The van der Waals surface area contributed by atoms with Crippen LogP contribution in [0.5, 0.6) is 0 Å². The molecule has 0 spiro atoms. The molecule has 2 unspecified atom stereocenters. The van der Waals surface area contributed by atoms with Gasteiger partial charge in [-0.05, 0) is 43.4 Å². The third kappa shape index (κ3) is 4.70. The molecule has 1 heterocycles. The summed E-state index contributed by atoms with van der Waals surface area (Å²) >= 11 is 0. The van der Waals surface area contributed by atoms with Crippen molar-refractivity contribution in [2.24, 2.45) is 5.92 Å². The lowest BCUT2D eigenvalue weighted by atomic mass is 9.85. The molecule has 0 aromatic carbocycles. The lowest BCUT2D eigenvalue weighted by molar-refractivity contribution is 0.154. The number of carbonyl (C=O) groups excluding carboxylic acids is 1. The van der Waals surface area contributed by atoms with Gasteiger partial charge in [0.15, 0.2) is 0 Å². The minimum atomic E-state index is -0.132. The van der Waals surface area contributed by atoms with E-state index in [1.165, 1.54) is 5.56 Å². The van der Waals surface area contributed by atoms with Crippen LogP contribution < -0.4 is 10.6 Å². The number of nitrogens with zero attached hydrogens (tertiary/aromatic N) is 1. The molecule has 21 heavy (non-hydrogen) atoms. The number of pyridine rings is 1. The third-order valence-corrected chi connectivity index (χ3v) is 4.28. The summed E-state index contributed by atoms with van der Waals surface area (Å²) in [5.74, 6) is 0.201. The van der Waals surface area contributed by atoms with Gasteiger partial charge in [0.25, 0.3) is 0 Å². The smallest absolute Gasteiger partial charge is 0.315 e. The molecule has 5 heteroatoms. The van der Waals surface area contributed by atoms with Gasteiger partial charge in [0.1, 0.15) is 0 Å². The maximum atomic E-state index is 11.9. The van der Waals surface area contributed by atoms with Gasteiger partial charge in [-0.15, -0.1) is 0 Å². The number of hydrogen-bond donors (Lipinski definition) is 3. The molecule has 1 aromatic rings. The van der Waals surface area contributed by atoms with Crippen molar-refractivity contribution in [2.75, 3.05) is 13.2 Å². The van der Waals surface area contributed by atoms with E-state index in [1.54, 1.807) is 6.20 Å². The zero-order valence-corrected chi connectivity index (χ0v) is 12.6. The number of aromatic nitrogens is 1. The zero-order chi connectivity index (χ0) is 15.1. The topological polar surface area (TPSA) is 74.2 Å². The summed E-state index contributed by atoms with van der Waals surface area (Å²) in [6.07, 6.45) is 8.64. The number of carbonyl (C=O) groups is 1. The van der Waals surface area contributed by atoms with E-state index in [0.29, 0.717) is 6.54 Å². The monoisotopic (exact) mass is 291 g/mol. The number of hydrogen-bond acceptors (Lipinski definition) is 3. The van der Waals surface area contributed by atoms with Crippen LogP contribution in [0.4, 0.5) is 4.79 Å². The summed E-state index contributed by atoms with van der Waals surface area (Å²) in [7, 11) is 0. The van der Waals surface area contributed by atoms with Gasteiger partial charge in [0.2, 0.25) is 0 Å². The Balaban J connectivity index is 1.73. The standard InChI is InChI=1S/C16H25N3O2/c1-12-10-17-8-6-13(12)7-9-18-16(21)19-15-5-3-2-4-14(15)11-20/h6,8,10,14-15,20H,2-5,7,9,11H2,1H3,(H2,18,19,21). The molecule has 1 aliphatic rings. The molecule has 1 fully saturated rings. The third-order valence-electron chi connectivity index (χ3n) is 4.28. The van der Waals surface area contributed by atoms with Crippen molar-refractivity contribution in [3.05, 3.63) is 29.6 Å². The quantitative estimate of drug-likeness (QED) is 0.774. The van der Waals surface area contributed by atoms with E-state index in [2.05, 4.69) is 15.6 Å².